The molecule has 0 saturated carbocycles. The third-order valence-corrected chi connectivity index (χ3v) is 3.33. The minimum Gasteiger partial charge on any atom is -0.310 e. The minimum atomic E-state index is 0.527. The Balaban J connectivity index is 2.25. The molecule has 0 bridgehead atoms. The van der Waals surface area contributed by atoms with E-state index in [2.05, 4.69) is 39.2 Å². The van der Waals surface area contributed by atoms with Gasteiger partial charge in [-0.15, -0.1) is 0 Å². The van der Waals surface area contributed by atoms with Crippen LogP contribution < -0.4 is 5.32 Å². The van der Waals surface area contributed by atoms with Crippen molar-refractivity contribution in [1.29, 1.82) is 0 Å². The molecule has 2 nitrogen and oxygen atoms in total. The van der Waals surface area contributed by atoms with E-state index >= 15 is 0 Å². The molecule has 2 rings (SSSR count). The van der Waals surface area contributed by atoms with Gasteiger partial charge in [0.25, 0.3) is 0 Å². The normalized spacial score (nSPS) is 22.2. The number of nitrogens with one attached hydrogen (secondary N) is 1. The Morgan fingerprint density at radius 1 is 1.62 bits per heavy atom. The summed E-state index contributed by atoms with van der Waals surface area (Å²) in [6, 6.07) is 2.74. The highest BCUT2D eigenvalue weighted by atomic mass is 79.9. The maximum atomic E-state index is 4.30. The summed E-state index contributed by atoms with van der Waals surface area (Å²) in [5, 5.41) is 3.46. The zero-order valence-electron chi connectivity index (χ0n) is 7.68. The number of pyridine rings is 1. The molecule has 0 aliphatic carbocycles. The summed E-state index contributed by atoms with van der Waals surface area (Å²) < 4.78 is 0.953. The van der Waals surface area contributed by atoms with Crippen molar-refractivity contribution < 1.29 is 0 Å². The van der Waals surface area contributed by atoms with E-state index in [1.807, 2.05) is 6.20 Å². The molecule has 1 aromatic rings. The third-order valence-electron chi connectivity index (χ3n) is 2.50. The lowest BCUT2D eigenvalue weighted by Crippen LogP contribution is -2.13. The fraction of sp³-hybridized carbons (Fsp3) is 0.500. The van der Waals surface area contributed by atoms with Gasteiger partial charge >= 0.3 is 0 Å². The second-order valence-electron chi connectivity index (χ2n) is 3.53. The summed E-state index contributed by atoms with van der Waals surface area (Å²) in [6.07, 6.45) is 4.47. The van der Waals surface area contributed by atoms with Crippen LogP contribution in [0.2, 0.25) is 0 Å². The molecule has 1 aliphatic rings. The Hall–Kier alpha value is -0.410. The van der Waals surface area contributed by atoms with Gasteiger partial charge in [0, 0.05) is 12.2 Å². The lowest BCUT2D eigenvalue weighted by atomic mass is 10.1. The van der Waals surface area contributed by atoms with Crippen molar-refractivity contribution in [1.82, 2.24) is 10.3 Å². The second kappa shape index (κ2) is 3.76. The first-order valence-electron chi connectivity index (χ1n) is 4.63. The highest BCUT2D eigenvalue weighted by Crippen LogP contribution is 2.24. The van der Waals surface area contributed by atoms with Crippen LogP contribution in [0.15, 0.2) is 16.9 Å². The fourth-order valence-electron chi connectivity index (χ4n) is 1.74. The van der Waals surface area contributed by atoms with Gasteiger partial charge in [-0.1, -0.05) is 6.07 Å². The summed E-state index contributed by atoms with van der Waals surface area (Å²) in [6.45, 7) is 3.22. The molecule has 13 heavy (non-hydrogen) atoms. The minimum absolute atomic E-state index is 0.527. The number of rotatable bonds is 1. The lowest BCUT2D eigenvalue weighted by molar-refractivity contribution is 0.644. The van der Waals surface area contributed by atoms with Gasteiger partial charge in [0.05, 0.1) is 0 Å². The quantitative estimate of drug-likeness (QED) is 0.764. The SMILES string of the molecule is Cc1cc(C2CCCN2)cnc1Br. The summed E-state index contributed by atoms with van der Waals surface area (Å²) in [7, 11) is 0. The lowest BCUT2D eigenvalue weighted by Gasteiger charge is -2.10. The molecule has 0 amide bonds. The topological polar surface area (TPSA) is 24.9 Å². The van der Waals surface area contributed by atoms with E-state index in [1.165, 1.54) is 24.0 Å². The summed E-state index contributed by atoms with van der Waals surface area (Å²) in [5.74, 6) is 0. The maximum absolute atomic E-state index is 4.30. The van der Waals surface area contributed by atoms with E-state index < -0.39 is 0 Å². The van der Waals surface area contributed by atoms with Crippen LogP contribution in [0.25, 0.3) is 0 Å². The van der Waals surface area contributed by atoms with Gasteiger partial charge in [-0.3, -0.25) is 0 Å². The second-order valence-corrected chi connectivity index (χ2v) is 4.28. The van der Waals surface area contributed by atoms with Crippen LogP contribution in [-0.2, 0) is 0 Å². The van der Waals surface area contributed by atoms with Gasteiger partial charge in [0.1, 0.15) is 4.60 Å². The van der Waals surface area contributed by atoms with Crippen LogP contribution in [0.1, 0.15) is 30.0 Å². The molecule has 1 saturated heterocycles. The third kappa shape index (κ3) is 1.92. The zero-order valence-corrected chi connectivity index (χ0v) is 9.26. The van der Waals surface area contributed by atoms with Crippen molar-refractivity contribution in [3.8, 4) is 0 Å². The predicted octanol–water partition coefficient (Wildman–Crippen LogP) is 2.58. The Bertz CT molecular complexity index is 306. The van der Waals surface area contributed by atoms with E-state index in [9.17, 15) is 0 Å². The van der Waals surface area contributed by atoms with E-state index in [0.717, 1.165) is 11.1 Å². The molecule has 70 valence electrons. The van der Waals surface area contributed by atoms with Crippen LogP contribution in [-0.4, -0.2) is 11.5 Å². The fourth-order valence-corrected chi connectivity index (χ4v) is 1.96. The first-order valence-corrected chi connectivity index (χ1v) is 5.42. The van der Waals surface area contributed by atoms with Gasteiger partial charge in [0.2, 0.25) is 0 Å². The largest absolute Gasteiger partial charge is 0.310 e. The molecule has 0 aromatic carbocycles. The number of nitrogens with zero attached hydrogens (tertiary/aromatic N) is 1. The smallest absolute Gasteiger partial charge is 0.108 e. The van der Waals surface area contributed by atoms with Crippen LogP contribution in [0.3, 0.4) is 0 Å². The molecule has 1 fully saturated rings. The Morgan fingerprint density at radius 3 is 3.08 bits per heavy atom. The van der Waals surface area contributed by atoms with Crippen molar-refractivity contribution in [2.24, 2.45) is 0 Å². The monoisotopic (exact) mass is 240 g/mol. The molecule has 0 spiro atoms. The molecule has 2 heterocycles. The highest BCUT2D eigenvalue weighted by Gasteiger charge is 2.16. The summed E-state index contributed by atoms with van der Waals surface area (Å²) in [5.41, 5.74) is 2.53. The van der Waals surface area contributed by atoms with Gasteiger partial charge in [-0.05, 0) is 53.4 Å². The van der Waals surface area contributed by atoms with Crippen LogP contribution >= 0.6 is 15.9 Å². The van der Waals surface area contributed by atoms with Gasteiger partial charge in [-0.2, -0.15) is 0 Å². The molecule has 1 aliphatic heterocycles. The molecular weight excluding hydrogens is 228 g/mol. The number of hydrogen-bond donors (Lipinski definition) is 1. The Labute approximate surface area is 86.9 Å². The molecule has 0 radical (unpaired) electrons. The molecular formula is C10H13BrN2. The Morgan fingerprint density at radius 2 is 2.46 bits per heavy atom. The molecule has 1 N–H and O–H groups in total. The van der Waals surface area contributed by atoms with Gasteiger partial charge in [0.15, 0.2) is 0 Å². The molecule has 1 unspecified atom stereocenters. The molecule has 1 aromatic heterocycles. The van der Waals surface area contributed by atoms with Crippen LogP contribution in [0, 0.1) is 6.92 Å². The average Bonchev–Trinajstić information content (AvgIpc) is 2.62. The average molecular weight is 241 g/mol. The van der Waals surface area contributed by atoms with E-state index in [-0.39, 0.29) is 0 Å². The zero-order chi connectivity index (χ0) is 9.26. The molecule has 1 atom stereocenters. The van der Waals surface area contributed by atoms with Crippen LogP contribution in [0.4, 0.5) is 0 Å². The summed E-state index contributed by atoms with van der Waals surface area (Å²) >= 11 is 3.41. The van der Waals surface area contributed by atoms with Crippen molar-refractivity contribution in [2.75, 3.05) is 6.54 Å². The number of aryl methyl sites for hydroxylation is 1. The number of halogens is 1. The van der Waals surface area contributed by atoms with Gasteiger partial charge < -0.3 is 5.32 Å². The maximum Gasteiger partial charge on any atom is 0.108 e. The summed E-state index contributed by atoms with van der Waals surface area (Å²) in [4.78, 5) is 4.30. The van der Waals surface area contributed by atoms with Gasteiger partial charge in [-0.25, -0.2) is 4.98 Å². The van der Waals surface area contributed by atoms with Crippen molar-refractivity contribution in [3.63, 3.8) is 0 Å². The van der Waals surface area contributed by atoms with Crippen molar-refractivity contribution in [3.05, 3.63) is 28.0 Å². The highest BCUT2D eigenvalue weighted by molar-refractivity contribution is 9.10. The van der Waals surface area contributed by atoms with Crippen LogP contribution in [0.5, 0.6) is 0 Å². The number of hydrogen-bond acceptors (Lipinski definition) is 2. The standard InChI is InChI=1S/C10H13BrN2/c1-7-5-8(6-13-10(7)11)9-3-2-4-12-9/h5-6,9,12H,2-4H2,1H3. The first kappa shape index (κ1) is 9.16. The Kier molecular flexibility index (Phi) is 2.65. The van der Waals surface area contributed by atoms with Crippen molar-refractivity contribution in [2.45, 2.75) is 25.8 Å². The van der Waals surface area contributed by atoms with Crippen molar-refractivity contribution >= 4 is 15.9 Å². The van der Waals surface area contributed by atoms with E-state index in [1.54, 1.807) is 0 Å². The van der Waals surface area contributed by atoms with E-state index in [4.69, 9.17) is 0 Å². The van der Waals surface area contributed by atoms with E-state index in [0.29, 0.717) is 6.04 Å². The number of aromatic nitrogens is 1. The predicted molar refractivity (Wildman–Crippen MR) is 56.7 cm³/mol. The first-order chi connectivity index (χ1) is 6.27. The molecule has 3 heteroatoms.